The fourth-order valence-electron chi connectivity index (χ4n) is 2.10. The van der Waals surface area contributed by atoms with Crippen molar-refractivity contribution in [2.24, 2.45) is 5.41 Å². The molecular weight excluding hydrogens is 232 g/mol. The second-order valence-corrected chi connectivity index (χ2v) is 6.07. The monoisotopic (exact) mass is 254 g/mol. The van der Waals surface area contributed by atoms with Gasteiger partial charge in [-0.3, -0.25) is 0 Å². The zero-order valence-electron chi connectivity index (χ0n) is 11.3. The third-order valence-corrected chi connectivity index (χ3v) is 2.80. The average Bonchev–Trinajstić information content (AvgIpc) is 2.15. The molecule has 0 aliphatic rings. The molecule has 2 nitrogen and oxygen atoms in total. The molecule has 17 heavy (non-hydrogen) atoms. The Morgan fingerprint density at radius 1 is 1.29 bits per heavy atom. The van der Waals surface area contributed by atoms with E-state index in [1.165, 1.54) is 5.56 Å². The molecule has 0 aliphatic carbocycles. The van der Waals surface area contributed by atoms with Crippen molar-refractivity contribution in [2.75, 3.05) is 27.2 Å². The number of rotatable bonds is 6. The van der Waals surface area contributed by atoms with Crippen LogP contribution < -0.4 is 5.32 Å². The van der Waals surface area contributed by atoms with Crippen LogP contribution in [0, 0.1) is 5.41 Å². The molecule has 0 amide bonds. The van der Waals surface area contributed by atoms with Crippen LogP contribution in [0.1, 0.15) is 19.4 Å². The van der Waals surface area contributed by atoms with E-state index < -0.39 is 0 Å². The van der Waals surface area contributed by atoms with Gasteiger partial charge < -0.3 is 10.2 Å². The Hall–Kier alpha value is -0.570. The minimum atomic E-state index is 0.280. The fraction of sp³-hybridized carbons (Fsp3) is 0.571. The van der Waals surface area contributed by atoms with Crippen molar-refractivity contribution >= 4 is 11.6 Å². The van der Waals surface area contributed by atoms with E-state index in [4.69, 9.17) is 11.6 Å². The van der Waals surface area contributed by atoms with Crippen LogP contribution in [-0.4, -0.2) is 32.1 Å². The second kappa shape index (κ2) is 6.39. The lowest BCUT2D eigenvalue weighted by Gasteiger charge is -2.28. The first kappa shape index (κ1) is 14.5. The van der Waals surface area contributed by atoms with Crippen molar-refractivity contribution < 1.29 is 0 Å². The van der Waals surface area contributed by atoms with Gasteiger partial charge in [-0.1, -0.05) is 37.6 Å². The molecule has 1 aromatic rings. The van der Waals surface area contributed by atoms with Crippen LogP contribution in [0.2, 0.25) is 5.02 Å². The molecule has 3 heteroatoms. The average molecular weight is 255 g/mol. The molecule has 0 atom stereocenters. The van der Waals surface area contributed by atoms with Crippen molar-refractivity contribution in [1.82, 2.24) is 10.2 Å². The van der Waals surface area contributed by atoms with Crippen molar-refractivity contribution in [3.63, 3.8) is 0 Å². The molecule has 0 aliphatic heterocycles. The molecule has 0 saturated carbocycles. The first-order valence-electron chi connectivity index (χ1n) is 5.99. The van der Waals surface area contributed by atoms with Crippen LogP contribution in [0.15, 0.2) is 24.3 Å². The zero-order valence-corrected chi connectivity index (χ0v) is 12.0. The Kier molecular flexibility index (Phi) is 5.44. The number of halogens is 1. The van der Waals surface area contributed by atoms with E-state index in [0.717, 1.165) is 24.7 Å². The summed E-state index contributed by atoms with van der Waals surface area (Å²) in [6, 6.07) is 8.00. The standard InChI is InChI=1S/C14H23ClN2/c1-14(2,11-17(3)4)10-16-9-12-6-5-7-13(15)8-12/h5-8,16H,9-11H2,1-4H3. The number of nitrogens with zero attached hydrogens (tertiary/aromatic N) is 1. The van der Waals surface area contributed by atoms with E-state index in [2.05, 4.69) is 44.2 Å². The normalized spacial score (nSPS) is 12.1. The van der Waals surface area contributed by atoms with E-state index in [-0.39, 0.29) is 5.41 Å². The minimum absolute atomic E-state index is 0.280. The Bertz CT molecular complexity index is 348. The first-order valence-corrected chi connectivity index (χ1v) is 6.37. The third kappa shape index (κ3) is 6.06. The summed E-state index contributed by atoms with van der Waals surface area (Å²) in [6.07, 6.45) is 0. The lowest BCUT2D eigenvalue weighted by Crippen LogP contribution is -2.37. The van der Waals surface area contributed by atoms with Crippen LogP contribution in [0.4, 0.5) is 0 Å². The predicted octanol–water partition coefficient (Wildman–Crippen LogP) is 3.02. The van der Waals surface area contributed by atoms with Gasteiger partial charge in [-0.25, -0.2) is 0 Å². The van der Waals surface area contributed by atoms with Crippen molar-refractivity contribution in [3.8, 4) is 0 Å². The largest absolute Gasteiger partial charge is 0.312 e. The highest BCUT2D eigenvalue weighted by atomic mass is 35.5. The lowest BCUT2D eigenvalue weighted by atomic mass is 9.93. The summed E-state index contributed by atoms with van der Waals surface area (Å²) < 4.78 is 0. The molecule has 0 unspecified atom stereocenters. The number of benzene rings is 1. The Balaban J connectivity index is 2.37. The number of hydrogen-bond donors (Lipinski definition) is 1. The summed E-state index contributed by atoms with van der Waals surface area (Å²) in [5, 5.41) is 4.29. The third-order valence-electron chi connectivity index (χ3n) is 2.57. The van der Waals surface area contributed by atoms with Gasteiger partial charge in [0.2, 0.25) is 0 Å². The van der Waals surface area contributed by atoms with Gasteiger partial charge in [0.05, 0.1) is 0 Å². The maximum absolute atomic E-state index is 5.95. The van der Waals surface area contributed by atoms with Gasteiger partial charge in [0, 0.05) is 24.7 Å². The van der Waals surface area contributed by atoms with Gasteiger partial charge in [0.25, 0.3) is 0 Å². The summed E-state index contributed by atoms with van der Waals surface area (Å²) in [6.45, 7) is 7.50. The Morgan fingerprint density at radius 3 is 2.59 bits per heavy atom. The van der Waals surface area contributed by atoms with E-state index >= 15 is 0 Å². The van der Waals surface area contributed by atoms with Crippen LogP contribution >= 0.6 is 11.6 Å². The smallest absolute Gasteiger partial charge is 0.0409 e. The summed E-state index contributed by atoms with van der Waals surface area (Å²) >= 11 is 5.95. The molecule has 1 N–H and O–H groups in total. The Labute approximate surface area is 110 Å². The molecule has 1 rings (SSSR count). The highest BCUT2D eigenvalue weighted by molar-refractivity contribution is 6.30. The molecule has 0 spiro atoms. The minimum Gasteiger partial charge on any atom is -0.312 e. The maximum atomic E-state index is 5.95. The van der Waals surface area contributed by atoms with Crippen molar-refractivity contribution in [2.45, 2.75) is 20.4 Å². The van der Waals surface area contributed by atoms with Gasteiger partial charge in [-0.05, 0) is 37.2 Å². The number of hydrogen-bond acceptors (Lipinski definition) is 2. The summed E-state index contributed by atoms with van der Waals surface area (Å²) in [7, 11) is 4.22. The van der Waals surface area contributed by atoms with Gasteiger partial charge in [0.15, 0.2) is 0 Å². The van der Waals surface area contributed by atoms with Crippen LogP contribution in [0.3, 0.4) is 0 Å². The predicted molar refractivity (Wildman–Crippen MR) is 75.5 cm³/mol. The first-order chi connectivity index (χ1) is 7.89. The van der Waals surface area contributed by atoms with Crippen LogP contribution in [0.25, 0.3) is 0 Å². The lowest BCUT2D eigenvalue weighted by molar-refractivity contribution is 0.232. The quantitative estimate of drug-likeness (QED) is 0.840. The van der Waals surface area contributed by atoms with Gasteiger partial charge in [-0.15, -0.1) is 0 Å². The molecule has 0 heterocycles. The van der Waals surface area contributed by atoms with E-state index in [9.17, 15) is 0 Å². The van der Waals surface area contributed by atoms with Crippen LogP contribution in [0.5, 0.6) is 0 Å². The molecule has 1 aromatic carbocycles. The number of nitrogens with one attached hydrogen (secondary N) is 1. The van der Waals surface area contributed by atoms with Gasteiger partial charge >= 0.3 is 0 Å². The van der Waals surface area contributed by atoms with Crippen molar-refractivity contribution in [3.05, 3.63) is 34.9 Å². The van der Waals surface area contributed by atoms with E-state index in [1.807, 2.05) is 18.2 Å². The van der Waals surface area contributed by atoms with Crippen LogP contribution in [-0.2, 0) is 6.54 Å². The Morgan fingerprint density at radius 2 is 2.00 bits per heavy atom. The topological polar surface area (TPSA) is 15.3 Å². The fourth-order valence-corrected chi connectivity index (χ4v) is 2.32. The summed E-state index contributed by atoms with van der Waals surface area (Å²) in [5.41, 5.74) is 1.51. The SMILES string of the molecule is CN(C)CC(C)(C)CNCc1cccc(Cl)c1. The molecule has 0 saturated heterocycles. The zero-order chi connectivity index (χ0) is 12.9. The van der Waals surface area contributed by atoms with Crippen molar-refractivity contribution in [1.29, 1.82) is 0 Å². The van der Waals surface area contributed by atoms with Gasteiger partial charge in [-0.2, -0.15) is 0 Å². The highest BCUT2D eigenvalue weighted by Crippen LogP contribution is 2.15. The molecule has 0 aromatic heterocycles. The molecule has 0 bridgehead atoms. The summed E-state index contributed by atoms with van der Waals surface area (Å²) in [5.74, 6) is 0. The second-order valence-electron chi connectivity index (χ2n) is 5.64. The summed E-state index contributed by atoms with van der Waals surface area (Å²) in [4.78, 5) is 2.22. The molecule has 0 radical (unpaired) electrons. The highest BCUT2D eigenvalue weighted by Gasteiger charge is 2.17. The molecule has 0 fully saturated rings. The van der Waals surface area contributed by atoms with E-state index in [1.54, 1.807) is 0 Å². The molecular formula is C14H23ClN2. The molecule has 96 valence electrons. The van der Waals surface area contributed by atoms with Gasteiger partial charge in [0.1, 0.15) is 0 Å². The maximum Gasteiger partial charge on any atom is 0.0409 e. The van der Waals surface area contributed by atoms with E-state index in [0.29, 0.717) is 0 Å².